The fourth-order valence-electron chi connectivity index (χ4n) is 2.12. The van der Waals surface area contributed by atoms with Crippen molar-refractivity contribution in [2.75, 3.05) is 6.54 Å². The minimum absolute atomic E-state index is 0.0721. The molecule has 1 amide bonds. The largest absolute Gasteiger partial charge is 0.450 e. The van der Waals surface area contributed by atoms with Crippen molar-refractivity contribution in [3.8, 4) is 11.8 Å². The highest BCUT2D eigenvalue weighted by Gasteiger charge is 2.20. The lowest BCUT2D eigenvalue weighted by atomic mass is 10.0. The van der Waals surface area contributed by atoms with Crippen molar-refractivity contribution in [1.82, 2.24) is 5.01 Å². The Balaban J connectivity index is 2.07. The molecule has 1 atom stereocenters. The Labute approximate surface area is 140 Å². The molecule has 0 spiro atoms. The van der Waals surface area contributed by atoms with Gasteiger partial charge in [-0.3, -0.25) is 9.59 Å². The van der Waals surface area contributed by atoms with E-state index in [1.54, 1.807) is 19.1 Å². The van der Waals surface area contributed by atoms with E-state index in [2.05, 4.69) is 16.9 Å². The SMILES string of the molecule is CC(=O)OC(C)C#CCN1N=C(c2ccc(Cl)cc2)CCC1=O. The molecule has 0 radical (unpaired) electrons. The van der Waals surface area contributed by atoms with Gasteiger partial charge in [-0.15, -0.1) is 0 Å². The van der Waals surface area contributed by atoms with Crippen molar-refractivity contribution in [2.24, 2.45) is 5.10 Å². The van der Waals surface area contributed by atoms with Gasteiger partial charge in [0.1, 0.15) is 6.54 Å². The molecule has 23 heavy (non-hydrogen) atoms. The van der Waals surface area contributed by atoms with Crippen molar-refractivity contribution >= 4 is 29.2 Å². The number of carbonyl (C=O) groups is 2. The van der Waals surface area contributed by atoms with E-state index in [0.717, 1.165) is 11.3 Å². The Hall–Kier alpha value is -2.32. The molecule has 1 unspecified atom stereocenters. The molecule has 120 valence electrons. The highest BCUT2D eigenvalue weighted by atomic mass is 35.5. The predicted molar refractivity (Wildman–Crippen MR) is 87.9 cm³/mol. The Kier molecular flexibility index (Phi) is 5.78. The maximum atomic E-state index is 11.9. The average molecular weight is 333 g/mol. The van der Waals surface area contributed by atoms with Gasteiger partial charge in [0.2, 0.25) is 5.91 Å². The van der Waals surface area contributed by atoms with Crippen molar-refractivity contribution in [1.29, 1.82) is 0 Å². The Morgan fingerprint density at radius 3 is 2.74 bits per heavy atom. The van der Waals surface area contributed by atoms with Crippen LogP contribution in [0.25, 0.3) is 0 Å². The van der Waals surface area contributed by atoms with Crippen LogP contribution in [0.2, 0.25) is 5.02 Å². The summed E-state index contributed by atoms with van der Waals surface area (Å²) in [5.74, 6) is 5.13. The second-order valence-electron chi connectivity index (χ2n) is 5.08. The van der Waals surface area contributed by atoms with Gasteiger partial charge in [-0.2, -0.15) is 5.10 Å². The van der Waals surface area contributed by atoms with E-state index >= 15 is 0 Å². The zero-order chi connectivity index (χ0) is 16.8. The average Bonchev–Trinajstić information content (AvgIpc) is 2.49. The molecule has 0 saturated heterocycles. The van der Waals surface area contributed by atoms with E-state index in [1.807, 2.05) is 12.1 Å². The van der Waals surface area contributed by atoms with Crippen LogP contribution in [-0.4, -0.2) is 35.2 Å². The summed E-state index contributed by atoms with van der Waals surface area (Å²) in [5.41, 5.74) is 1.77. The van der Waals surface area contributed by atoms with Crippen LogP contribution >= 0.6 is 11.6 Å². The van der Waals surface area contributed by atoms with Gasteiger partial charge in [-0.25, -0.2) is 5.01 Å². The van der Waals surface area contributed by atoms with Crippen LogP contribution in [0.3, 0.4) is 0 Å². The molecule has 1 heterocycles. The van der Waals surface area contributed by atoms with E-state index in [1.165, 1.54) is 11.9 Å². The summed E-state index contributed by atoms with van der Waals surface area (Å²) in [6.07, 6.45) is 0.476. The summed E-state index contributed by atoms with van der Waals surface area (Å²) < 4.78 is 4.90. The normalized spacial score (nSPS) is 15.3. The molecule has 0 N–H and O–H groups in total. The minimum Gasteiger partial charge on any atom is -0.450 e. The maximum absolute atomic E-state index is 11.9. The van der Waals surface area contributed by atoms with E-state index in [-0.39, 0.29) is 18.4 Å². The fraction of sp³-hybridized carbons (Fsp3) is 0.353. The number of nitrogens with zero attached hydrogens (tertiary/aromatic N) is 2. The monoisotopic (exact) mass is 332 g/mol. The van der Waals surface area contributed by atoms with E-state index < -0.39 is 6.10 Å². The highest BCUT2D eigenvalue weighted by molar-refractivity contribution is 6.30. The zero-order valence-corrected chi connectivity index (χ0v) is 13.8. The first-order valence-electron chi connectivity index (χ1n) is 7.25. The molecular weight excluding hydrogens is 316 g/mol. The molecule has 0 aliphatic carbocycles. The van der Waals surface area contributed by atoms with Crippen molar-refractivity contribution in [3.05, 3.63) is 34.9 Å². The highest BCUT2D eigenvalue weighted by Crippen LogP contribution is 2.17. The van der Waals surface area contributed by atoms with Gasteiger partial charge >= 0.3 is 5.97 Å². The lowest BCUT2D eigenvalue weighted by molar-refractivity contribution is -0.143. The van der Waals surface area contributed by atoms with Gasteiger partial charge < -0.3 is 4.74 Å². The van der Waals surface area contributed by atoms with Gasteiger partial charge in [-0.05, 0) is 24.6 Å². The number of hydrogen-bond acceptors (Lipinski definition) is 4. The third kappa shape index (κ3) is 5.11. The lowest BCUT2D eigenvalue weighted by Gasteiger charge is -2.21. The molecule has 1 aliphatic rings. The van der Waals surface area contributed by atoms with Crippen LogP contribution in [0.15, 0.2) is 29.4 Å². The molecule has 0 aromatic heterocycles. The minimum atomic E-state index is -0.507. The first kappa shape index (κ1) is 17.0. The number of hydrazone groups is 1. The Bertz CT molecular complexity index is 686. The number of amides is 1. The molecule has 5 nitrogen and oxygen atoms in total. The van der Waals surface area contributed by atoms with Crippen LogP contribution in [0.4, 0.5) is 0 Å². The molecular formula is C17H17ClN2O3. The van der Waals surface area contributed by atoms with Crippen molar-refractivity contribution in [2.45, 2.75) is 32.8 Å². The second-order valence-corrected chi connectivity index (χ2v) is 5.51. The maximum Gasteiger partial charge on any atom is 0.303 e. The number of benzene rings is 1. The first-order valence-corrected chi connectivity index (χ1v) is 7.63. The van der Waals surface area contributed by atoms with Crippen LogP contribution < -0.4 is 0 Å². The third-order valence-corrected chi connectivity index (χ3v) is 3.41. The molecule has 2 rings (SSSR count). The summed E-state index contributed by atoms with van der Waals surface area (Å²) in [6, 6.07) is 7.34. The fourth-order valence-corrected chi connectivity index (χ4v) is 2.24. The number of esters is 1. The molecule has 1 aromatic rings. The quantitative estimate of drug-likeness (QED) is 0.631. The number of ether oxygens (including phenoxy) is 1. The van der Waals surface area contributed by atoms with Gasteiger partial charge in [-0.1, -0.05) is 35.6 Å². The first-order chi connectivity index (χ1) is 11.0. The third-order valence-electron chi connectivity index (χ3n) is 3.16. The number of hydrogen-bond donors (Lipinski definition) is 0. The van der Waals surface area contributed by atoms with E-state index in [4.69, 9.17) is 16.3 Å². The van der Waals surface area contributed by atoms with E-state index in [9.17, 15) is 9.59 Å². The van der Waals surface area contributed by atoms with Gasteiger partial charge in [0.15, 0.2) is 6.10 Å². The van der Waals surface area contributed by atoms with Gasteiger partial charge in [0.25, 0.3) is 0 Å². The topological polar surface area (TPSA) is 59.0 Å². The summed E-state index contributed by atoms with van der Waals surface area (Å²) in [7, 11) is 0. The summed E-state index contributed by atoms with van der Waals surface area (Å²) in [6.45, 7) is 3.17. The van der Waals surface area contributed by atoms with Crippen LogP contribution in [0.5, 0.6) is 0 Å². The molecule has 0 fully saturated rings. The predicted octanol–water partition coefficient (Wildman–Crippen LogP) is 2.62. The molecule has 0 bridgehead atoms. The Morgan fingerprint density at radius 2 is 2.09 bits per heavy atom. The Morgan fingerprint density at radius 1 is 1.39 bits per heavy atom. The summed E-state index contributed by atoms with van der Waals surface area (Å²) in [5, 5.41) is 6.37. The van der Waals surface area contributed by atoms with Crippen LogP contribution in [-0.2, 0) is 14.3 Å². The van der Waals surface area contributed by atoms with Crippen molar-refractivity contribution < 1.29 is 14.3 Å². The van der Waals surface area contributed by atoms with Gasteiger partial charge in [0, 0.05) is 24.8 Å². The van der Waals surface area contributed by atoms with Crippen molar-refractivity contribution in [3.63, 3.8) is 0 Å². The smallest absolute Gasteiger partial charge is 0.303 e. The molecule has 1 aliphatic heterocycles. The lowest BCUT2D eigenvalue weighted by Crippen LogP contribution is -2.32. The number of rotatable bonds is 3. The molecule has 0 saturated carbocycles. The summed E-state index contributed by atoms with van der Waals surface area (Å²) in [4.78, 5) is 22.7. The molecule has 1 aromatic carbocycles. The molecule has 6 heteroatoms. The van der Waals surface area contributed by atoms with E-state index in [0.29, 0.717) is 17.9 Å². The van der Waals surface area contributed by atoms with Gasteiger partial charge in [0.05, 0.1) is 5.71 Å². The number of carbonyl (C=O) groups excluding carboxylic acids is 2. The van der Waals surface area contributed by atoms with Crippen LogP contribution in [0.1, 0.15) is 32.3 Å². The zero-order valence-electron chi connectivity index (χ0n) is 13.0. The summed E-state index contributed by atoms with van der Waals surface area (Å²) >= 11 is 5.88. The van der Waals surface area contributed by atoms with Crippen LogP contribution in [0, 0.1) is 11.8 Å². The second kappa shape index (κ2) is 7.80. The standard InChI is InChI=1S/C17H17ClN2O3/c1-12(23-13(2)21)4-3-11-20-17(22)10-9-16(19-20)14-5-7-15(18)8-6-14/h5-8,12H,9-11H2,1-2H3. The number of halogens is 1.